The number of aromatic nitrogens is 1. The summed E-state index contributed by atoms with van der Waals surface area (Å²) in [5.74, 6) is -0.329. The molecular weight excluding hydrogens is 261 g/mol. The van der Waals surface area contributed by atoms with Crippen molar-refractivity contribution in [3.63, 3.8) is 0 Å². The largest absolute Gasteiger partial charge is 0.490 e. The van der Waals surface area contributed by atoms with E-state index in [1.54, 1.807) is 31.4 Å². The van der Waals surface area contributed by atoms with Crippen LogP contribution in [0.3, 0.4) is 0 Å². The van der Waals surface area contributed by atoms with Crippen LogP contribution in [-0.2, 0) is 4.74 Å². The Balaban J connectivity index is 2.23. The molecule has 0 aliphatic carbocycles. The van der Waals surface area contributed by atoms with Gasteiger partial charge in [-0.15, -0.1) is 0 Å². The fourth-order valence-electron chi connectivity index (χ4n) is 1.66. The van der Waals surface area contributed by atoms with E-state index in [4.69, 9.17) is 9.47 Å². The summed E-state index contributed by atoms with van der Waals surface area (Å²) in [5, 5.41) is 0. The Morgan fingerprint density at radius 1 is 1.20 bits per heavy atom. The lowest BCUT2D eigenvalue weighted by Crippen LogP contribution is -2.10. The lowest BCUT2D eigenvalue weighted by atomic mass is 10.1. The van der Waals surface area contributed by atoms with Crippen molar-refractivity contribution in [2.45, 2.75) is 0 Å². The summed E-state index contributed by atoms with van der Waals surface area (Å²) in [7, 11) is 1.57. The minimum atomic E-state index is -0.480. The molecule has 0 aliphatic rings. The Kier molecular flexibility index (Phi) is 4.79. The highest BCUT2D eigenvalue weighted by Gasteiger charge is 2.15. The fraction of sp³-hybridized carbons (Fsp3) is 0.200. The number of halogens is 1. The maximum Gasteiger partial charge on any atom is 0.215 e. The molecule has 1 aromatic heterocycles. The van der Waals surface area contributed by atoms with Crippen LogP contribution in [-0.4, -0.2) is 31.1 Å². The summed E-state index contributed by atoms with van der Waals surface area (Å²) in [6.07, 6.45) is 1.02. The van der Waals surface area contributed by atoms with E-state index < -0.39 is 5.82 Å². The number of rotatable bonds is 6. The first-order chi connectivity index (χ1) is 9.72. The second-order valence-electron chi connectivity index (χ2n) is 4.03. The highest BCUT2D eigenvalue weighted by molar-refractivity contribution is 6.09. The van der Waals surface area contributed by atoms with E-state index in [1.165, 1.54) is 12.1 Å². The normalized spacial score (nSPS) is 10.3. The molecule has 1 aromatic carbocycles. The van der Waals surface area contributed by atoms with E-state index in [9.17, 15) is 9.18 Å². The minimum absolute atomic E-state index is 0.175. The Hall–Kier alpha value is -2.27. The molecule has 104 valence electrons. The van der Waals surface area contributed by atoms with Crippen molar-refractivity contribution in [3.8, 4) is 5.75 Å². The molecule has 4 nitrogen and oxygen atoms in total. The van der Waals surface area contributed by atoms with Crippen molar-refractivity contribution in [1.82, 2.24) is 4.98 Å². The van der Waals surface area contributed by atoms with Gasteiger partial charge in [0.2, 0.25) is 5.78 Å². The number of pyridine rings is 1. The summed E-state index contributed by atoms with van der Waals surface area (Å²) in [4.78, 5) is 16.1. The zero-order chi connectivity index (χ0) is 14.4. The molecule has 0 bridgehead atoms. The number of para-hydroxylation sites is 1. The molecule has 0 radical (unpaired) electrons. The van der Waals surface area contributed by atoms with Crippen molar-refractivity contribution in [3.05, 3.63) is 59.7 Å². The topological polar surface area (TPSA) is 48.4 Å². The number of nitrogens with zero attached hydrogens (tertiary/aromatic N) is 1. The third kappa shape index (κ3) is 3.39. The molecule has 0 atom stereocenters. The Bertz CT molecular complexity index is 584. The number of hydrogen-bond acceptors (Lipinski definition) is 4. The Labute approximate surface area is 116 Å². The van der Waals surface area contributed by atoms with Gasteiger partial charge in [-0.3, -0.25) is 4.79 Å². The molecule has 0 spiro atoms. The average molecular weight is 275 g/mol. The molecule has 0 unspecified atom stereocenters. The molecule has 5 heteroatoms. The Morgan fingerprint density at radius 3 is 2.70 bits per heavy atom. The molecule has 0 saturated carbocycles. The number of carbonyl (C=O) groups is 1. The molecule has 0 amide bonds. The standard InChI is InChI=1S/C15H14FNO3/c1-19-8-9-20-14-5-3-2-4-12(14)15(18)13-7-6-11(16)10-17-13/h2-7,10H,8-9H2,1H3. The van der Waals surface area contributed by atoms with Crippen molar-refractivity contribution in [2.75, 3.05) is 20.3 Å². The van der Waals surface area contributed by atoms with E-state index in [0.29, 0.717) is 24.5 Å². The highest BCUT2D eigenvalue weighted by atomic mass is 19.1. The third-order valence-corrected chi connectivity index (χ3v) is 2.64. The summed E-state index contributed by atoms with van der Waals surface area (Å²) in [6.45, 7) is 0.773. The molecule has 1 heterocycles. The zero-order valence-corrected chi connectivity index (χ0v) is 11.0. The lowest BCUT2D eigenvalue weighted by Gasteiger charge is -2.10. The highest BCUT2D eigenvalue weighted by Crippen LogP contribution is 2.20. The molecule has 0 N–H and O–H groups in total. The number of hydrogen-bond donors (Lipinski definition) is 0. The van der Waals surface area contributed by atoms with Crippen molar-refractivity contribution in [1.29, 1.82) is 0 Å². The SMILES string of the molecule is COCCOc1ccccc1C(=O)c1ccc(F)cn1. The number of benzene rings is 1. The van der Waals surface area contributed by atoms with Gasteiger partial charge in [0.15, 0.2) is 0 Å². The number of carbonyl (C=O) groups excluding carboxylic acids is 1. The quantitative estimate of drug-likeness (QED) is 0.600. The summed E-state index contributed by atoms with van der Waals surface area (Å²) in [5.41, 5.74) is 0.567. The van der Waals surface area contributed by atoms with Crippen molar-refractivity contribution < 1.29 is 18.7 Å². The number of ether oxygens (including phenoxy) is 2. The monoisotopic (exact) mass is 275 g/mol. The smallest absolute Gasteiger partial charge is 0.215 e. The second-order valence-corrected chi connectivity index (χ2v) is 4.03. The van der Waals surface area contributed by atoms with Gasteiger partial charge >= 0.3 is 0 Å². The molecule has 20 heavy (non-hydrogen) atoms. The van der Waals surface area contributed by atoms with Crippen LogP contribution in [0.25, 0.3) is 0 Å². The number of methoxy groups -OCH3 is 1. The van der Waals surface area contributed by atoms with Gasteiger partial charge in [-0.2, -0.15) is 0 Å². The first-order valence-electron chi connectivity index (χ1n) is 6.09. The van der Waals surface area contributed by atoms with Crippen LogP contribution in [0.15, 0.2) is 42.6 Å². The maximum absolute atomic E-state index is 12.8. The van der Waals surface area contributed by atoms with Crippen molar-refractivity contribution in [2.24, 2.45) is 0 Å². The predicted molar refractivity (Wildman–Crippen MR) is 71.4 cm³/mol. The minimum Gasteiger partial charge on any atom is -0.490 e. The molecule has 0 aliphatic heterocycles. The van der Waals surface area contributed by atoms with Crippen LogP contribution in [0.1, 0.15) is 16.1 Å². The van der Waals surface area contributed by atoms with Gasteiger partial charge in [0.25, 0.3) is 0 Å². The van der Waals surface area contributed by atoms with E-state index in [-0.39, 0.29) is 11.5 Å². The number of ketones is 1. The zero-order valence-electron chi connectivity index (χ0n) is 11.0. The van der Waals surface area contributed by atoms with Gasteiger partial charge in [0, 0.05) is 7.11 Å². The fourth-order valence-corrected chi connectivity index (χ4v) is 1.66. The van der Waals surface area contributed by atoms with Crippen LogP contribution in [0.2, 0.25) is 0 Å². The van der Waals surface area contributed by atoms with Gasteiger partial charge in [0.1, 0.15) is 23.9 Å². The third-order valence-electron chi connectivity index (χ3n) is 2.64. The first-order valence-corrected chi connectivity index (χ1v) is 6.09. The van der Waals surface area contributed by atoms with Gasteiger partial charge in [-0.25, -0.2) is 9.37 Å². The summed E-state index contributed by atoms with van der Waals surface area (Å²) < 4.78 is 23.2. The maximum atomic E-state index is 12.8. The molecular formula is C15H14FNO3. The second kappa shape index (κ2) is 6.77. The predicted octanol–water partition coefficient (Wildman–Crippen LogP) is 2.48. The lowest BCUT2D eigenvalue weighted by molar-refractivity contribution is 0.102. The van der Waals surface area contributed by atoms with E-state index in [1.807, 2.05) is 0 Å². The van der Waals surface area contributed by atoms with E-state index in [0.717, 1.165) is 6.20 Å². The molecule has 0 fully saturated rings. The summed E-state index contributed by atoms with van der Waals surface area (Å²) in [6, 6.07) is 9.41. The van der Waals surface area contributed by atoms with Crippen LogP contribution >= 0.6 is 0 Å². The van der Waals surface area contributed by atoms with Crippen molar-refractivity contribution >= 4 is 5.78 Å². The van der Waals surface area contributed by atoms with E-state index in [2.05, 4.69) is 4.98 Å². The van der Waals surface area contributed by atoms with Gasteiger partial charge < -0.3 is 9.47 Å². The Morgan fingerprint density at radius 2 is 2.00 bits per heavy atom. The van der Waals surface area contributed by atoms with Crippen LogP contribution in [0.4, 0.5) is 4.39 Å². The van der Waals surface area contributed by atoms with Crippen LogP contribution in [0.5, 0.6) is 5.75 Å². The average Bonchev–Trinajstić information content (AvgIpc) is 2.48. The molecule has 2 aromatic rings. The van der Waals surface area contributed by atoms with Gasteiger partial charge in [-0.1, -0.05) is 12.1 Å². The van der Waals surface area contributed by atoms with E-state index >= 15 is 0 Å². The first kappa shape index (κ1) is 14.1. The van der Waals surface area contributed by atoms with Crippen LogP contribution in [0, 0.1) is 5.82 Å². The van der Waals surface area contributed by atoms with Crippen LogP contribution < -0.4 is 4.74 Å². The summed E-state index contributed by atoms with van der Waals surface area (Å²) >= 11 is 0. The van der Waals surface area contributed by atoms with Gasteiger partial charge in [-0.05, 0) is 24.3 Å². The molecule has 0 saturated heterocycles. The molecule has 2 rings (SSSR count). The van der Waals surface area contributed by atoms with Gasteiger partial charge in [0.05, 0.1) is 18.4 Å².